The molecule has 5 N–H and O–H groups in total. The van der Waals surface area contributed by atoms with Crippen LogP contribution < -0.4 is 0 Å². The zero-order valence-corrected chi connectivity index (χ0v) is 19.5. The van der Waals surface area contributed by atoms with Gasteiger partial charge in [-0.05, 0) is 31.4 Å². The van der Waals surface area contributed by atoms with E-state index in [9.17, 15) is 35.1 Å². The second-order valence-electron chi connectivity index (χ2n) is 9.36. The van der Waals surface area contributed by atoms with Gasteiger partial charge in [0.05, 0.1) is 24.4 Å². The Morgan fingerprint density at radius 3 is 2.50 bits per heavy atom. The molecule has 36 heavy (non-hydrogen) atoms. The molecule has 0 radical (unpaired) electrons. The Hall–Kier alpha value is -2.80. The third-order valence-electron chi connectivity index (χ3n) is 7.02. The van der Waals surface area contributed by atoms with Gasteiger partial charge in [-0.15, -0.1) is 0 Å². The largest absolute Gasteiger partial charge is 0.478 e. The minimum Gasteiger partial charge on any atom is -0.478 e. The third-order valence-corrected chi connectivity index (χ3v) is 7.02. The fourth-order valence-corrected chi connectivity index (χ4v) is 5.10. The van der Waals surface area contributed by atoms with Gasteiger partial charge < -0.3 is 44.5 Å². The number of aliphatic hydroxyl groups is 4. The lowest BCUT2D eigenvalue weighted by Crippen LogP contribution is -2.60. The van der Waals surface area contributed by atoms with Crippen LogP contribution in [0.3, 0.4) is 0 Å². The van der Waals surface area contributed by atoms with Crippen molar-refractivity contribution in [1.29, 1.82) is 0 Å². The van der Waals surface area contributed by atoms with Crippen molar-refractivity contribution >= 4 is 18.0 Å². The van der Waals surface area contributed by atoms with Gasteiger partial charge in [0.25, 0.3) is 0 Å². The van der Waals surface area contributed by atoms with Gasteiger partial charge in [-0.1, -0.05) is 30.3 Å². The molecule has 3 aliphatic rings. The van der Waals surface area contributed by atoms with Crippen LogP contribution in [-0.4, -0.2) is 86.7 Å². The van der Waals surface area contributed by atoms with Crippen LogP contribution in [0.15, 0.2) is 48.2 Å². The Labute approximate surface area is 207 Å². The van der Waals surface area contributed by atoms with E-state index in [1.807, 2.05) is 30.3 Å². The molecular formula is C25H30O11. The molecule has 196 valence electrons. The number of fused-ring (bicyclic) bond motifs is 1. The standard InChI is InChI=1S/C25H30O11/c1-25(36-17(27)8-7-13-5-3-2-4-6-13)10-9-14-15(22(31)32)12-33-23(18(14)25)35-24-21(30)20(29)19(28)16(11-26)34-24/h2-8,12,14,16,18-21,23-24,26,28-30H,9-11H2,1H3,(H,31,32). The maximum atomic E-state index is 12.7. The van der Waals surface area contributed by atoms with Gasteiger partial charge >= 0.3 is 11.9 Å². The molecule has 1 aliphatic carbocycles. The predicted octanol–water partition coefficient (Wildman–Crippen LogP) is 0.169. The highest BCUT2D eigenvalue weighted by Crippen LogP contribution is 2.51. The summed E-state index contributed by atoms with van der Waals surface area (Å²) in [7, 11) is 0. The van der Waals surface area contributed by atoms with E-state index in [1.54, 1.807) is 13.0 Å². The molecule has 9 unspecified atom stereocenters. The van der Waals surface area contributed by atoms with Crippen LogP contribution in [0, 0.1) is 11.8 Å². The number of ether oxygens (including phenoxy) is 4. The van der Waals surface area contributed by atoms with Crippen LogP contribution >= 0.6 is 0 Å². The second kappa shape index (κ2) is 10.7. The van der Waals surface area contributed by atoms with Gasteiger partial charge in [-0.3, -0.25) is 0 Å². The number of aliphatic hydroxyl groups excluding tert-OH is 4. The number of carbonyl (C=O) groups excluding carboxylic acids is 1. The number of esters is 1. The first kappa shape index (κ1) is 26.3. The smallest absolute Gasteiger partial charge is 0.334 e. The van der Waals surface area contributed by atoms with Crippen molar-refractivity contribution < 1.29 is 54.1 Å². The molecule has 4 rings (SSSR count). The van der Waals surface area contributed by atoms with Crippen molar-refractivity contribution in [1.82, 2.24) is 0 Å². The summed E-state index contributed by atoms with van der Waals surface area (Å²) in [5.74, 6) is -3.21. The fourth-order valence-electron chi connectivity index (χ4n) is 5.10. The molecule has 1 saturated heterocycles. The average molecular weight is 507 g/mol. The van der Waals surface area contributed by atoms with Gasteiger partial charge in [0.2, 0.25) is 6.29 Å². The predicted molar refractivity (Wildman–Crippen MR) is 122 cm³/mol. The van der Waals surface area contributed by atoms with Crippen molar-refractivity contribution in [2.45, 2.75) is 62.4 Å². The summed E-state index contributed by atoms with van der Waals surface area (Å²) >= 11 is 0. The van der Waals surface area contributed by atoms with Crippen LogP contribution in [0.1, 0.15) is 25.3 Å². The van der Waals surface area contributed by atoms with Gasteiger partial charge in [-0.2, -0.15) is 0 Å². The molecule has 0 amide bonds. The Balaban J connectivity index is 1.56. The van der Waals surface area contributed by atoms with Crippen molar-refractivity contribution in [2.75, 3.05) is 6.61 Å². The van der Waals surface area contributed by atoms with E-state index < -0.39 is 73.0 Å². The van der Waals surface area contributed by atoms with Crippen molar-refractivity contribution in [3.63, 3.8) is 0 Å². The molecule has 0 aromatic heterocycles. The van der Waals surface area contributed by atoms with Crippen LogP contribution in [0.4, 0.5) is 0 Å². The van der Waals surface area contributed by atoms with E-state index in [0.29, 0.717) is 12.8 Å². The van der Waals surface area contributed by atoms with Crippen molar-refractivity contribution in [3.8, 4) is 0 Å². The van der Waals surface area contributed by atoms with Crippen LogP contribution in [0.2, 0.25) is 0 Å². The Morgan fingerprint density at radius 2 is 1.83 bits per heavy atom. The SMILES string of the molecule is CC1(OC(=O)C=Cc2ccccc2)CCC2C(C(=O)O)=COC(OC3OC(CO)C(O)C(O)C3O)C21. The monoisotopic (exact) mass is 506 g/mol. The highest BCUT2D eigenvalue weighted by molar-refractivity contribution is 5.88. The number of carbonyl (C=O) groups is 2. The number of carboxylic acid groups (broad SMARTS) is 1. The summed E-state index contributed by atoms with van der Waals surface area (Å²) in [5, 5.41) is 49.6. The highest BCUT2D eigenvalue weighted by atomic mass is 16.8. The Kier molecular flexibility index (Phi) is 7.79. The van der Waals surface area contributed by atoms with Gasteiger partial charge in [0.15, 0.2) is 6.29 Å². The van der Waals surface area contributed by atoms with Crippen LogP contribution in [0.5, 0.6) is 0 Å². The zero-order chi connectivity index (χ0) is 26.0. The summed E-state index contributed by atoms with van der Waals surface area (Å²) in [6, 6.07) is 9.14. The lowest BCUT2D eigenvalue weighted by Gasteiger charge is -2.44. The van der Waals surface area contributed by atoms with Crippen LogP contribution in [-0.2, 0) is 28.5 Å². The summed E-state index contributed by atoms with van der Waals surface area (Å²) in [5.41, 5.74) is -0.408. The highest BCUT2D eigenvalue weighted by Gasteiger charge is 2.58. The third kappa shape index (κ3) is 5.17. The summed E-state index contributed by atoms with van der Waals surface area (Å²) in [4.78, 5) is 24.5. The van der Waals surface area contributed by atoms with E-state index in [4.69, 9.17) is 18.9 Å². The number of aliphatic carboxylic acids is 1. The van der Waals surface area contributed by atoms with Crippen molar-refractivity contribution in [2.24, 2.45) is 11.8 Å². The molecule has 1 aromatic carbocycles. The molecule has 0 spiro atoms. The minimum absolute atomic E-state index is 0.00625. The molecule has 11 nitrogen and oxygen atoms in total. The topological polar surface area (TPSA) is 172 Å². The van der Waals surface area contributed by atoms with Gasteiger partial charge in [0.1, 0.15) is 30.0 Å². The molecule has 9 atom stereocenters. The summed E-state index contributed by atoms with van der Waals surface area (Å²) in [6.45, 7) is 1.01. The number of benzene rings is 1. The quantitative estimate of drug-likeness (QED) is 0.252. The number of hydrogen-bond acceptors (Lipinski definition) is 10. The van der Waals surface area contributed by atoms with Gasteiger partial charge in [0, 0.05) is 12.0 Å². The summed E-state index contributed by atoms with van der Waals surface area (Å²) < 4.78 is 22.6. The maximum Gasteiger partial charge on any atom is 0.334 e. The second-order valence-corrected chi connectivity index (χ2v) is 9.36. The molecule has 1 saturated carbocycles. The fraction of sp³-hybridized carbons (Fsp3) is 0.520. The number of carboxylic acids is 1. The first-order valence-electron chi connectivity index (χ1n) is 11.7. The molecule has 11 heteroatoms. The Bertz CT molecular complexity index is 1010. The lowest BCUT2D eigenvalue weighted by atomic mass is 9.81. The number of hydrogen-bond donors (Lipinski definition) is 5. The van der Waals surface area contributed by atoms with E-state index in [-0.39, 0.29) is 5.57 Å². The van der Waals surface area contributed by atoms with E-state index in [1.165, 1.54) is 6.08 Å². The molecule has 0 bridgehead atoms. The van der Waals surface area contributed by atoms with E-state index in [2.05, 4.69) is 0 Å². The molecule has 1 aromatic rings. The normalized spacial score (nSPS) is 38.2. The molecular weight excluding hydrogens is 476 g/mol. The molecule has 2 fully saturated rings. The first-order chi connectivity index (χ1) is 17.1. The number of rotatable bonds is 7. The van der Waals surface area contributed by atoms with E-state index >= 15 is 0 Å². The zero-order valence-electron chi connectivity index (χ0n) is 19.5. The average Bonchev–Trinajstić information content (AvgIpc) is 3.20. The van der Waals surface area contributed by atoms with Gasteiger partial charge in [-0.25, -0.2) is 9.59 Å². The van der Waals surface area contributed by atoms with Crippen LogP contribution in [0.25, 0.3) is 6.08 Å². The minimum atomic E-state index is -1.68. The van der Waals surface area contributed by atoms with Crippen molar-refractivity contribution in [3.05, 3.63) is 53.8 Å². The first-order valence-corrected chi connectivity index (χ1v) is 11.7. The van der Waals surface area contributed by atoms with E-state index in [0.717, 1.165) is 11.8 Å². The summed E-state index contributed by atoms with van der Waals surface area (Å²) in [6.07, 6.45) is -4.24. The lowest BCUT2D eigenvalue weighted by molar-refractivity contribution is -0.346. The molecule has 2 aliphatic heterocycles. The molecule has 2 heterocycles. The maximum absolute atomic E-state index is 12.7. The Morgan fingerprint density at radius 1 is 1.11 bits per heavy atom.